The van der Waals surface area contributed by atoms with Gasteiger partial charge in [0, 0.05) is 26.9 Å². The quantitative estimate of drug-likeness (QED) is 0.142. The van der Waals surface area contributed by atoms with Crippen LogP contribution in [0.25, 0.3) is 0 Å². The summed E-state index contributed by atoms with van der Waals surface area (Å²) < 4.78 is 40.2. The van der Waals surface area contributed by atoms with Crippen LogP contribution >= 0.6 is 0 Å². The first-order valence-electron chi connectivity index (χ1n) is 15.5. The first kappa shape index (κ1) is 36.4. The van der Waals surface area contributed by atoms with E-state index in [2.05, 4.69) is 6.92 Å². The molecule has 2 aliphatic heterocycles. The van der Waals surface area contributed by atoms with Gasteiger partial charge in [-0.2, -0.15) is 0 Å². The Morgan fingerprint density at radius 2 is 1.19 bits per heavy atom. The number of aliphatic hydroxyl groups is 2. The maximum atomic E-state index is 12.7. The molecule has 2 rings (SSSR count). The van der Waals surface area contributed by atoms with Crippen molar-refractivity contribution < 1.29 is 57.8 Å². The lowest BCUT2D eigenvalue weighted by Crippen LogP contribution is -2.65. The minimum Gasteiger partial charge on any atom is -0.457 e. The van der Waals surface area contributed by atoms with Crippen molar-refractivity contribution in [2.75, 3.05) is 6.61 Å². The molecule has 2 N–H and O–H groups in total. The summed E-state index contributed by atoms with van der Waals surface area (Å²) in [6, 6.07) is 0. The molecule has 2 fully saturated rings. The zero-order chi connectivity index (χ0) is 31.2. The summed E-state index contributed by atoms with van der Waals surface area (Å²) in [6.45, 7) is 10.1. The Morgan fingerprint density at radius 3 is 1.83 bits per heavy atom. The molecule has 2 aliphatic rings. The number of esters is 3. The lowest BCUT2D eigenvalue weighted by atomic mass is 9.97. The zero-order valence-electron chi connectivity index (χ0n) is 26.0. The van der Waals surface area contributed by atoms with Crippen molar-refractivity contribution in [3.8, 4) is 0 Å². The highest BCUT2D eigenvalue weighted by Gasteiger charge is 2.53. The molecule has 0 spiro atoms. The van der Waals surface area contributed by atoms with Gasteiger partial charge in [-0.3, -0.25) is 14.4 Å². The second-order valence-electron chi connectivity index (χ2n) is 11.2. The second-order valence-corrected chi connectivity index (χ2v) is 11.2. The van der Waals surface area contributed by atoms with Crippen LogP contribution in [-0.4, -0.2) is 96.1 Å². The third-order valence-corrected chi connectivity index (χ3v) is 7.43. The molecule has 0 amide bonds. The normalized spacial score (nSPS) is 33.1. The van der Waals surface area contributed by atoms with Crippen molar-refractivity contribution >= 4 is 17.9 Å². The van der Waals surface area contributed by atoms with Gasteiger partial charge in [0.1, 0.15) is 18.3 Å². The molecule has 0 radical (unpaired) electrons. The second kappa shape index (κ2) is 18.7. The fraction of sp³-hybridized carbons (Fsp3) is 0.900. The Balaban J connectivity index is 2.23. The summed E-state index contributed by atoms with van der Waals surface area (Å²) in [5.41, 5.74) is 0. The lowest BCUT2D eigenvalue weighted by molar-refractivity contribution is -0.355. The number of carbonyl (C=O) groups excluding carboxylic acids is 3. The van der Waals surface area contributed by atoms with Crippen LogP contribution in [0.4, 0.5) is 0 Å². The molecule has 42 heavy (non-hydrogen) atoms. The lowest BCUT2D eigenvalue weighted by Gasteiger charge is -2.47. The largest absolute Gasteiger partial charge is 0.457 e. The molecule has 0 bridgehead atoms. The Hall–Kier alpha value is -1.83. The molecular weight excluding hydrogens is 552 g/mol. The molecule has 10 atom stereocenters. The predicted molar refractivity (Wildman–Crippen MR) is 150 cm³/mol. The molecule has 0 saturated carbocycles. The number of carbonyl (C=O) groups is 3. The fourth-order valence-electron chi connectivity index (χ4n) is 5.19. The van der Waals surface area contributed by atoms with Crippen LogP contribution in [0, 0.1) is 0 Å². The van der Waals surface area contributed by atoms with Crippen LogP contribution in [0.5, 0.6) is 0 Å². The van der Waals surface area contributed by atoms with Crippen molar-refractivity contribution in [3.63, 3.8) is 0 Å². The summed E-state index contributed by atoms with van der Waals surface area (Å²) in [6.07, 6.45) is -2.77. The van der Waals surface area contributed by atoms with E-state index >= 15 is 0 Å². The molecule has 12 nitrogen and oxygen atoms in total. The van der Waals surface area contributed by atoms with E-state index in [0.29, 0.717) is 13.0 Å². The van der Waals surface area contributed by atoms with Crippen molar-refractivity contribution in [3.05, 3.63) is 0 Å². The molecule has 244 valence electrons. The highest BCUT2D eigenvalue weighted by atomic mass is 16.8. The monoisotopic (exact) mass is 604 g/mol. The van der Waals surface area contributed by atoms with E-state index < -0.39 is 79.3 Å². The number of unbranched alkanes of at least 4 members (excludes halogenated alkanes) is 7. The van der Waals surface area contributed by atoms with Crippen molar-refractivity contribution in [1.29, 1.82) is 0 Å². The van der Waals surface area contributed by atoms with Gasteiger partial charge in [0.25, 0.3) is 0 Å². The SMILES string of the molecule is CCCCCCCCO[C@@H]1O[C@@H](C)[C@H](OC(=O)CCCCC)[C@@H](O[C@@H]2O[C@@H](C)[C@H](OC(C)=O)[C@@H](O)[C@H]2OC(C)=O)[C@H]1O. The van der Waals surface area contributed by atoms with Crippen LogP contribution in [0.15, 0.2) is 0 Å². The van der Waals surface area contributed by atoms with Crippen LogP contribution in [0.1, 0.15) is 106 Å². The van der Waals surface area contributed by atoms with Gasteiger partial charge in [0.2, 0.25) is 0 Å². The summed E-state index contributed by atoms with van der Waals surface area (Å²) in [4.78, 5) is 36.3. The van der Waals surface area contributed by atoms with Gasteiger partial charge in [0.15, 0.2) is 30.9 Å². The number of rotatable bonds is 17. The van der Waals surface area contributed by atoms with Gasteiger partial charge in [-0.15, -0.1) is 0 Å². The predicted octanol–water partition coefficient (Wildman–Crippen LogP) is 3.32. The van der Waals surface area contributed by atoms with Gasteiger partial charge in [-0.25, -0.2) is 0 Å². The first-order chi connectivity index (χ1) is 20.0. The molecule has 0 aliphatic carbocycles. The van der Waals surface area contributed by atoms with Crippen LogP contribution in [0.2, 0.25) is 0 Å². The topological polar surface area (TPSA) is 156 Å². The fourth-order valence-corrected chi connectivity index (χ4v) is 5.19. The highest BCUT2D eigenvalue weighted by Crippen LogP contribution is 2.33. The van der Waals surface area contributed by atoms with E-state index in [-0.39, 0.29) is 6.42 Å². The molecular formula is C30H52O12. The minimum atomic E-state index is -1.49. The summed E-state index contributed by atoms with van der Waals surface area (Å²) >= 11 is 0. The van der Waals surface area contributed by atoms with Crippen molar-refractivity contribution in [2.45, 2.75) is 167 Å². The van der Waals surface area contributed by atoms with Gasteiger partial charge in [-0.1, -0.05) is 58.8 Å². The third kappa shape index (κ3) is 11.3. The van der Waals surface area contributed by atoms with Gasteiger partial charge in [0.05, 0.1) is 12.2 Å². The van der Waals surface area contributed by atoms with E-state index in [1.165, 1.54) is 13.3 Å². The summed E-state index contributed by atoms with van der Waals surface area (Å²) in [7, 11) is 0. The van der Waals surface area contributed by atoms with Crippen LogP contribution in [0.3, 0.4) is 0 Å². The average Bonchev–Trinajstić information content (AvgIpc) is 2.92. The molecule has 12 heteroatoms. The molecule has 0 aromatic carbocycles. The smallest absolute Gasteiger partial charge is 0.306 e. The van der Waals surface area contributed by atoms with Gasteiger partial charge < -0.3 is 43.4 Å². The van der Waals surface area contributed by atoms with Crippen molar-refractivity contribution in [1.82, 2.24) is 0 Å². The van der Waals surface area contributed by atoms with Crippen molar-refractivity contribution in [2.24, 2.45) is 0 Å². The maximum Gasteiger partial charge on any atom is 0.306 e. The van der Waals surface area contributed by atoms with Gasteiger partial charge in [-0.05, 0) is 26.7 Å². The minimum absolute atomic E-state index is 0.188. The van der Waals surface area contributed by atoms with Crippen LogP contribution in [-0.2, 0) is 47.5 Å². The highest BCUT2D eigenvalue weighted by molar-refractivity contribution is 5.69. The summed E-state index contributed by atoms with van der Waals surface area (Å²) in [5.74, 6) is -1.85. The third-order valence-electron chi connectivity index (χ3n) is 7.43. The molecule has 2 heterocycles. The van der Waals surface area contributed by atoms with E-state index in [1.54, 1.807) is 13.8 Å². The molecule has 0 aromatic rings. The van der Waals surface area contributed by atoms with E-state index in [0.717, 1.165) is 51.9 Å². The number of ether oxygens (including phenoxy) is 7. The van der Waals surface area contributed by atoms with Crippen LogP contribution < -0.4 is 0 Å². The number of hydrogen-bond donors (Lipinski definition) is 2. The standard InChI is InChI=1S/C30H52O12/c1-7-9-11-12-13-15-17-36-29-24(35)27(26(19(4)37-29)41-22(33)16-14-10-8-2)42-30-28(40-21(6)32)23(34)25(18(3)38-30)39-20(5)31/h18-19,23-30,34-35H,7-17H2,1-6H3/t18-,19-,23+,24+,25-,26-,27-,28+,29+,30-/m0/s1. The van der Waals surface area contributed by atoms with E-state index in [4.69, 9.17) is 33.2 Å². The van der Waals surface area contributed by atoms with E-state index in [9.17, 15) is 24.6 Å². The molecule has 2 saturated heterocycles. The molecule has 0 aromatic heterocycles. The summed E-state index contributed by atoms with van der Waals surface area (Å²) in [5, 5.41) is 22.4. The Morgan fingerprint density at radius 1 is 0.643 bits per heavy atom. The number of hydrogen-bond acceptors (Lipinski definition) is 12. The Bertz CT molecular complexity index is 822. The van der Waals surface area contributed by atoms with Gasteiger partial charge >= 0.3 is 17.9 Å². The number of aliphatic hydroxyl groups excluding tert-OH is 2. The average molecular weight is 605 g/mol. The van der Waals surface area contributed by atoms with E-state index in [1.807, 2.05) is 6.92 Å². The maximum absolute atomic E-state index is 12.7. The molecule has 0 unspecified atom stereocenters. The zero-order valence-corrected chi connectivity index (χ0v) is 26.0. The Labute approximate surface area is 249 Å². The Kier molecular flexibility index (Phi) is 16.2. The first-order valence-corrected chi connectivity index (χ1v) is 15.5.